The van der Waals surface area contributed by atoms with Gasteiger partial charge in [0.25, 0.3) is 5.91 Å². The molecule has 1 aromatic carbocycles. The average Bonchev–Trinajstić information content (AvgIpc) is 3.28. The van der Waals surface area contributed by atoms with E-state index in [9.17, 15) is 14.4 Å². The van der Waals surface area contributed by atoms with Crippen molar-refractivity contribution < 1.29 is 18.8 Å². The summed E-state index contributed by atoms with van der Waals surface area (Å²) in [6.45, 7) is 2.36. The predicted octanol–water partition coefficient (Wildman–Crippen LogP) is 1.57. The maximum Gasteiger partial charge on any atom is 0.305 e. The number of hydrogen-bond donors (Lipinski definition) is 2. The minimum absolute atomic E-state index is 0.0143. The van der Waals surface area contributed by atoms with Crippen LogP contribution in [0, 0.1) is 6.92 Å². The first-order valence-corrected chi connectivity index (χ1v) is 9.05. The van der Waals surface area contributed by atoms with Crippen LogP contribution in [0.25, 0.3) is 11.0 Å². The zero-order valence-electron chi connectivity index (χ0n) is 13.6. The average molecular weight is 359 g/mol. The molecule has 1 atom stereocenters. The van der Waals surface area contributed by atoms with E-state index in [1.54, 1.807) is 17.9 Å². The molecular weight excluding hydrogens is 342 g/mol. The monoisotopic (exact) mass is 359 g/mol. The number of hydrogen-bond acceptors (Lipinski definition) is 5. The minimum Gasteiger partial charge on any atom is -0.451 e. The Kier molecular flexibility index (Phi) is 3.72. The normalized spacial score (nSPS) is 22.3. The van der Waals surface area contributed by atoms with Crippen molar-refractivity contribution in [3.8, 4) is 0 Å². The Morgan fingerprint density at radius 1 is 1.28 bits per heavy atom. The molecule has 7 nitrogen and oxygen atoms in total. The molecule has 1 aromatic heterocycles. The summed E-state index contributed by atoms with van der Waals surface area (Å²) in [5.74, 6) is -0.0205. The molecule has 0 bridgehead atoms. The van der Waals surface area contributed by atoms with Gasteiger partial charge < -0.3 is 9.32 Å². The molecule has 1 unspecified atom stereocenters. The fourth-order valence-corrected chi connectivity index (χ4v) is 4.86. The number of para-hydroxylation sites is 1. The molecule has 3 heterocycles. The lowest BCUT2D eigenvalue weighted by Crippen LogP contribution is -2.55. The van der Waals surface area contributed by atoms with E-state index >= 15 is 0 Å². The molecule has 2 aromatic rings. The second kappa shape index (κ2) is 5.80. The number of furan rings is 1. The van der Waals surface area contributed by atoms with Crippen LogP contribution >= 0.6 is 11.8 Å². The lowest BCUT2D eigenvalue weighted by molar-refractivity contribution is -0.136. The van der Waals surface area contributed by atoms with Crippen LogP contribution in [-0.2, 0) is 9.59 Å². The number of nitrogens with zero attached hydrogens (tertiary/aromatic N) is 1. The van der Waals surface area contributed by atoms with E-state index < -0.39 is 10.8 Å². The standard InChI is InChI=1S/C17H17N3O4S/c1-10-11-4-2-3-5-12(11)24-14(10)15(22)18-19-16(23)17-7-6-13(21)20(17)8-9-25-17/h2-5H,6-9H2,1H3,(H,18,22)(H,19,23). The summed E-state index contributed by atoms with van der Waals surface area (Å²) in [5, 5.41) is 0.858. The lowest BCUT2D eigenvalue weighted by Gasteiger charge is -2.29. The van der Waals surface area contributed by atoms with Gasteiger partial charge in [-0.15, -0.1) is 11.8 Å². The molecule has 25 heavy (non-hydrogen) atoms. The van der Waals surface area contributed by atoms with Crippen molar-refractivity contribution in [2.24, 2.45) is 0 Å². The highest BCUT2D eigenvalue weighted by Crippen LogP contribution is 2.44. The van der Waals surface area contributed by atoms with Gasteiger partial charge in [-0.2, -0.15) is 0 Å². The van der Waals surface area contributed by atoms with Crippen LogP contribution in [0.2, 0.25) is 0 Å². The number of amides is 3. The number of fused-ring (bicyclic) bond motifs is 2. The number of aryl methyl sites for hydroxylation is 1. The van der Waals surface area contributed by atoms with Crippen LogP contribution in [0.5, 0.6) is 0 Å². The largest absolute Gasteiger partial charge is 0.451 e. The number of carbonyl (C=O) groups excluding carboxylic acids is 3. The second-order valence-corrected chi connectivity index (χ2v) is 7.51. The highest BCUT2D eigenvalue weighted by molar-refractivity contribution is 8.01. The van der Waals surface area contributed by atoms with Gasteiger partial charge in [-0.25, -0.2) is 0 Å². The van der Waals surface area contributed by atoms with Crippen LogP contribution in [0.3, 0.4) is 0 Å². The number of hydrazine groups is 1. The lowest BCUT2D eigenvalue weighted by atomic mass is 10.1. The van der Waals surface area contributed by atoms with Crippen molar-refractivity contribution in [1.82, 2.24) is 15.8 Å². The molecule has 2 aliphatic heterocycles. The Morgan fingerprint density at radius 2 is 2.08 bits per heavy atom. The van der Waals surface area contributed by atoms with Gasteiger partial charge in [0.05, 0.1) is 0 Å². The number of benzene rings is 1. The number of rotatable bonds is 2. The summed E-state index contributed by atoms with van der Waals surface area (Å²) in [6, 6.07) is 7.36. The summed E-state index contributed by atoms with van der Waals surface area (Å²) >= 11 is 1.45. The molecule has 2 saturated heterocycles. The van der Waals surface area contributed by atoms with Crippen LogP contribution in [-0.4, -0.2) is 39.8 Å². The fourth-order valence-electron chi connectivity index (χ4n) is 3.47. The molecule has 3 amide bonds. The van der Waals surface area contributed by atoms with Crippen molar-refractivity contribution >= 4 is 40.5 Å². The fraction of sp³-hybridized carbons (Fsp3) is 0.353. The number of carbonyl (C=O) groups is 3. The van der Waals surface area contributed by atoms with Gasteiger partial charge in [0.1, 0.15) is 5.58 Å². The van der Waals surface area contributed by atoms with Gasteiger partial charge in [0.15, 0.2) is 10.6 Å². The van der Waals surface area contributed by atoms with Crippen molar-refractivity contribution in [3.05, 3.63) is 35.6 Å². The molecule has 0 saturated carbocycles. The van der Waals surface area contributed by atoms with E-state index in [0.29, 0.717) is 30.5 Å². The molecule has 0 spiro atoms. The molecule has 8 heteroatoms. The first-order valence-electron chi connectivity index (χ1n) is 8.06. The molecule has 4 rings (SSSR count). The number of nitrogens with one attached hydrogen (secondary N) is 2. The van der Waals surface area contributed by atoms with Gasteiger partial charge in [0, 0.05) is 29.7 Å². The molecule has 2 fully saturated rings. The van der Waals surface area contributed by atoms with Gasteiger partial charge in [-0.05, 0) is 19.4 Å². The first-order chi connectivity index (χ1) is 12.0. The smallest absolute Gasteiger partial charge is 0.305 e. The Morgan fingerprint density at radius 3 is 2.88 bits per heavy atom. The Balaban J connectivity index is 1.49. The van der Waals surface area contributed by atoms with Gasteiger partial charge >= 0.3 is 5.91 Å². The minimum atomic E-state index is -0.896. The molecule has 0 aliphatic carbocycles. The number of thioether (sulfide) groups is 1. The third kappa shape index (κ3) is 2.39. The molecular formula is C17H17N3O4S. The van der Waals surface area contributed by atoms with E-state index in [0.717, 1.165) is 11.1 Å². The van der Waals surface area contributed by atoms with Crippen molar-refractivity contribution in [1.29, 1.82) is 0 Å². The second-order valence-electron chi connectivity index (χ2n) is 6.14. The van der Waals surface area contributed by atoms with E-state index in [1.165, 1.54) is 11.8 Å². The van der Waals surface area contributed by atoms with Gasteiger partial charge in [-0.1, -0.05) is 18.2 Å². The van der Waals surface area contributed by atoms with Gasteiger partial charge in [0.2, 0.25) is 5.91 Å². The van der Waals surface area contributed by atoms with E-state index in [-0.39, 0.29) is 17.6 Å². The summed E-state index contributed by atoms with van der Waals surface area (Å²) in [4.78, 5) is 37.6. The maximum atomic E-state index is 12.6. The highest BCUT2D eigenvalue weighted by Gasteiger charge is 2.54. The SMILES string of the molecule is Cc1c(C(=O)NNC(=O)C23CCC(=O)N2CCS3)oc2ccccc12. The topological polar surface area (TPSA) is 91.7 Å². The molecule has 130 valence electrons. The Hall–Kier alpha value is -2.48. The summed E-state index contributed by atoms with van der Waals surface area (Å²) in [6.07, 6.45) is 0.818. The van der Waals surface area contributed by atoms with Crippen LogP contribution < -0.4 is 10.9 Å². The third-order valence-corrected chi connectivity index (χ3v) is 6.24. The Bertz CT molecular complexity index is 893. The zero-order valence-corrected chi connectivity index (χ0v) is 14.4. The van der Waals surface area contributed by atoms with E-state index in [4.69, 9.17) is 4.42 Å². The van der Waals surface area contributed by atoms with Crippen LogP contribution in [0.4, 0.5) is 0 Å². The quantitative estimate of drug-likeness (QED) is 0.794. The summed E-state index contributed by atoms with van der Waals surface area (Å²) in [5.41, 5.74) is 6.22. The zero-order chi connectivity index (χ0) is 17.6. The van der Waals surface area contributed by atoms with Gasteiger partial charge in [-0.3, -0.25) is 25.2 Å². The first kappa shape index (κ1) is 16.0. The highest BCUT2D eigenvalue weighted by atomic mass is 32.2. The summed E-state index contributed by atoms with van der Waals surface area (Å²) in [7, 11) is 0. The van der Waals surface area contributed by atoms with Crippen molar-refractivity contribution in [2.75, 3.05) is 12.3 Å². The molecule has 2 N–H and O–H groups in total. The maximum absolute atomic E-state index is 12.6. The van der Waals surface area contributed by atoms with Crippen LogP contribution in [0.15, 0.2) is 28.7 Å². The van der Waals surface area contributed by atoms with E-state index in [2.05, 4.69) is 10.9 Å². The third-order valence-electron chi connectivity index (χ3n) is 4.76. The molecule has 2 aliphatic rings. The van der Waals surface area contributed by atoms with E-state index in [1.807, 2.05) is 18.2 Å². The van der Waals surface area contributed by atoms with Crippen LogP contribution in [0.1, 0.15) is 29.0 Å². The summed E-state index contributed by atoms with van der Waals surface area (Å²) < 4.78 is 5.59. The molecule has 0 radical (unpaired) electrons. The van der Waals surface area contributed by atoms with Crippen molar-refractivity contribution in [3.63, 3.8) is 0 Å². The Labute approximate surface area is 148 Å². The van der Waals surface area contributed by atoms with Crippen molar-refractivity contribution in [2.45, 2.75) is 24.6 Å². The predicted molar refractivity (Wildman–Crippen MR) is 92.7 cm³/mol.